The number of benzene rings is 1. The van der Waals surface area contributed by atoms with Crippen LogP contribution in [0, 0.1) is 5.82 Å². The number of pyridine rings is 1. The third-order valence-corrected chi connectivity index (χ3v) is 3.79. The van der Waals surface area contributed by atoms with Crippen molar-refractivity contribution in [2.75, 3.05) is 36.0 Å². The highest BCUT2D eigenvalue weighted by molar-refractivity contribution is 5.87. The molecule has 5 nitrogen and oxygen atoms in total. The standard InChI is InChI=1S/C16H16FN3O2/c17-13-2-4-14(5-3-13)19-7-9-20(10-8-19)15-6-1-12(11-18-15)16(21)22/h1-6,11H,7-10H2,(H,21,22). The Morgan fingerprint density at radius 1 is 1.00 bits per heavy atom. The average Bonchev–Trinajstić information content (AvgIpc) is 2.56. The summed E-state index contributed by atoms with van der Waals surface area (Å²) in [5.74, 6) is -0.422. The molecule has 0 spiro atoms. The number of hydrogen-bond acceptors (Lipinski definition) is 4. The Kier molecular flexibility index (Phi) is 3.91. The molecular weight excluding hydrogens is 285 g/mol. The molecule has 0 unspecified atom stereocenters. The second-order valence-electron chi connectivity index (χ2n) is 5.16. The zero-order valence-corrected chi connectivity index (χ0v) is 11.9. The minimum absolute atomic E-state index is 0.189. The number of rotatable bonds is 3. The van der Waals surface area contributed by atoms with Crippen LogP contribution >= 0.6 is 0 Å². The van der Waals surface area contributed by atoms with Crippen LogP contribution in [0.1, 0.15) is 10.4 Å². The normalized spacial score (nSPS) is 15.0. The van der Waals surface area contributed by atoms with Crippen LogP contribution in [0.5, 0.6) is 0 Å². The molecule has 0 aliphatic carbocycles. The molecule has 6 heteroatoms. The van der Waals surface area contributed by atoms with Crippen molar-refractivity contribution in [3.63, 3.8) is 0 Å². The number of carboxylic acid groups (broad SMARTS) is 1. The summed E-state index contributed by atoms with van der Waals surface area (Å²) in [6.07, 6.45) is 1.38. The van der Waals surface area contributed by atoms with E-state index in [1.54, 1.807) is 24.3 Å². The van der Waals surface area contributed by atoms with Gasteiger partial charge < -0.3 is 14.9 Å². The van der Waals surface area contributed by atoms with Crippen LogP contribution in [0.2, 0.25) is 0 Å². The van der Waals surface area contributed by atoms with Gasteiger partial charge in [0.15, 0.2) is 0 Å². The van der Waals surface area contributed by atoms with Crippen LogP contribution in [0.15, 0.2) is 42.6 Å². The van der Waals surface area contributed by atoms with Crippen LogP contribution < -0.4 is 9.80 Å². The quantitative estimate of drug-likeness (QED) is 0.942. The number of hydrogen-bond donors (Lipinski definition) is 1. The van der Waals surface area contributed by atoms with Crippen molar-refractivity contribution in [1.29, 1.82) is 0 Å². The predicted molar refractivity (Wildman–Crippen MR) is 82.0 cm³/mol. The molecule has 1 aliphatic heterocycles. The monoisotopic (exact) mass is 301 g/mol. The minimum atomic E-state index is -0.972. The van der Waals surface area contributed by atoms with Gasteiger partial charge >= 0.3 is 5.97 Å². The summed E-state index contributed by atoms with van der Waals surface area (Å²) in [6.45, 7) is 3.20. The molecule has 2 aromatic rings. The average molecular weight is 301 g/mol. The Morgan fingerprint density at radius 2 is 1.64 bits per heavy atom. The Morgan fingerprint density at radius 3 is 2.18 bits per heavy atom. The Hall–Kier alpha value is -2.63. The van der Waals surface area contributed by atoms with Gasteiger partial charge in [0.1, 0.15) is 11.6 Å². The summed E-state index contributed by atoms with van der Waals surface area (Å²) in [5.41, 5.74) is 1.20. The van der Waals surface area contributed by atoms with Crippen LogP contribution in [0.25, 0.3) is 0 Å². The van der Waals surface area contributed by atoms with E-state index in [1.807, 2.05) is 0 Å². The number of carboxylic acids is 1. The summed E-state index contributed by atoms with van der Waals surface area (Å²) in [7, 11) is 0. The van der Waals surface area contributed by atoms with E-state index in [4.69, 9.17) is 5.11 Å². The molecule has 1 aliphatic rings. The fraction of sp³-hybridized carbons (Fsp3) is 0.250. The van der Waals surface area contributed by atoms with E-state index in [9.17, 15) is 9.18 Å². The molecule has 3 rings (SSSR count). The lowest BCUT2D eigenvalue weighted by molar-refractivity contribution is 0.0696. The first kappa shape index (κ1) is 14.3. The first-order valence-corrected chi connectivity index (χ1v) is 7.08. The van der Waals surface area contributed by atoms with Crippen molar-refractivity contribution in [3.05, 3.63) is 54.0 Å². The Bertz CT molecular complexity index is 650. The van der Waals surface area contributed by atoms with Crippen molar-refractivity contribution in [1.82, 2.24) is 4.98 Å². The topological polar surface area (TPSA) is 56.7 Å². The molecular formula is C16H16FN3O2. The van der Waals surface area contributed by atoms with Gasteiger partial charge in [0.25, 0.3) is 0 Å². The second-order valence-corrected chi connectivity index (χ2v) is 5.16. The molecule has 0 radical (unpaired) electrons. The fourth-order valence-corrected chi connectivity index (χ4v) is 2.55. The predicted octanol–water partition coefficient (Wildman–Crippen LogP) is 2.25. The zero-order valence-electron chi connectivity index (χ0n) is 11.9. The number of piperazine rings is 1. The lowest BCUT2D eigenvalue weighted by Crippen LogP contribution is -2.46. The SMILES string of the molecule is O=C(O)c1ccc(N2CCN(c3ccc(F)cc3)CC2)nc1. The molecule has 0 bridgehead atoms. The number of halogens is 1. The van der Waals surface area contributed by atoms with Gasteiger partial charge in [0.05, 0.1) is 5.56 Å². The fourth-order valence-electron chi connectivity index (χ4n) is 2.55. The lowest BCUT2D eigenvalue weighted by atomic mass is 10.2. The van der Waals surface area contributed by atoms with Crippen molar-refractivity contribution < 1.29 is 14.3 Å². The zero-order chi connectivity index (χ0) is 15.5. The van der Waals surface area contributed by atoms with E-state index in [1.165, 1.54) is 18.3 Å². The molecule has 0 atom stereocenters. The van der Waals surface area contributed by atoms with E-state index in [0.29, 0.717) is 0 Å². The third kappa shape index (κ3) is 3.00. The van der Waals surface area contributed by atoms with Gasteiger partial charge in [-0.1, -0.05) is 0 Å². The van der Waals surface area contributed by atoms with Crippen LogP contribution in [0.4, 0.5) is 15.9 Å². The highest BCUT2D eigenvalue weighted by atomic mass is 19.1. The molecule has 2 heterocycles. The minimum Gasteiger partial charge on any atom is -0.478 e. The molecule has 1 fully saturated rings. The van der Waals surface area contributed by atoms with Gasteiger partial charge in [0, 0.05) is 38.1 Å². The summed E-state index contributed by atoms with van der Waals surface area (Å²) in [4.78, 5) is 19.3. The van der Waals surface area contributed by atoms with E-state index in [-0.39, 0.29) is 11.4 Å². The molecule has 0 saturated carbocycles. The van der Waals surface area contributed by atoms with Gasteiger partial charge in [-0.2, -0.15) is 0 Å². The molecule has 114 valence electrons. The first-order chi connectivity index (χ1) is 10.6. The third-order valence-electron chi connectivity index (χ3n) is 3.79. The maximum Gasteiger partial charge on any atom is 0.337 e. The highest BCUT2D eigenvalue weighted by Crippen LogP contribution is 2.19. The Balaban J connectivity index is 1.63. The van der Waals surface area contributed by atoms with E-state index in [2.05, 4.69) is 14.8 Å². The molecule has 1 saturated heterocycles. The van der Waals surface area contributed by atoms with Crippen LogP contribution in [-0.2, 0) is 0 Å². The van der Waals surface area contributed by atoms with Crippen molar-refractivity contribution in [3.8, 4) is 0 Å². The number of aromatic carboxylic acids is 1. The van der Waals surface area contributed by atoms with E-state index in [0.717, 1.165) is 37.7 Å². The van der Waals surface area contributed by atoms with Crippen molar-refractivity contribution >= 4 is 17.5 Å². The van der Waals surface area contributed by atoms with Crippen molar-refractivity contribution in [2.24, 2.45) is 0 Å². The van der Waals surface area contributed by atoms with Crippen molar-refractivity contribution in [2.45, 2.75) is 0 Å². The van der Waals surface area contributed by atoms with Gasteiger partial charge in [0.2, 0.25) is 0 Å². The highest BCUT2D eigenvalue weighted by Gasteiger charge is 2.18. The van der Waals surface area contributed by atoms with Crippen LogP contribution in [0.3, 0.4) is 0 Å². The molecule has 22 heavy (non-hydrogen) atoms. The number of anilines is 2. The summed E-state index contributed by atoms with van der Waals surface area (Å²) in [5, 5.41) is 8.88. The smallest absolute Gasteiger partial charge is 0.337 e. The maximum atomic E-state index is 12.9. The van der Waals surface area contributed by atoms with Gasteiger partial charge in [-0.25, -0.2) is 14.2 Å². The van der Waals surface area contributed by atoms with Crippen LogP contribution in [-0.4, -0.2) is 42.2 Å². The van der Waals surface area contributed by atoms with E-state index < -0.39 is 5.97 Å². The summed E-state index contributed by atoms with van der Waals surface area (Å²) < 4.78 is 12.9. The molecule has 1 aromatic heterocycles. The first-order valence-electron chi connectivity index (χ1n) is 7.08. The number of nitrogens with zero attached hydrogens (tertiary/aromatic N) is 3. The number of aromatic nitrogens is 1. The van der Waals surface area contributed by atoms with Gasteiger partial charge in [-0.15, -0.1) is 0 Å². The summed E-state index contributed by atoms with van der Waals surface area (Å²) in [6, 6.07) is 9.80. The second kappa shape index (κ2) is 6.01. The Labute approximate surface area is 127 Å². The number of carbonyl (C=O) groups is 1. The largest absolute Gasteiger partial charge is 0.478 e. The molecule has 0 amide bonds. The van der Waals surface area contributed by atoms with Gasteiger partial charge in [-0.3, -0.25) is 0 Å². The summed E-state index contributed by atoms with van der Waals surface area (Å²) >= 11 is 0. The maximum absolute atomic E-state index is 12.9. The lowest BCUT2D eigenvalue weighted by Gasteiger charge is -2.36. The molecule has 1 aromatic carbocycles. The molecule has 1 N–H and O–H groups in total. The van der Waals surface area contributed by atoms with E-state index >= 15 is 0 Å². The van der Waals surface area contributed by atoms with Gasteiger partial charge in [-0.05, 0) is 36.4 Å².